The van der Waals surface area contributed by atoms with E-state index in [1.807, 2.05) is 0 Å². The number of aromatic amines is 1. The number of amides is 1. The first-order valence-electron chi connectivity index (χ1n) is 4.89. The van der Waals surface area contributed by atoms with Crippen molar-refractivity contribution in [2.24, 2.45) is 5.92 Å². The fourth-order valence-electron chi connectivity index (χ4n) is 2.02. The SMILES string of the molecule is C[C@H]1C[C@@H](c2nc(I)c(I)[nH]2)N(C(=O)O)C1. The van der Waals surface area contributed by atoms with E-state index in [9.17, 15) is 4.79 Å². The molecule has 2 atom stereocenters. The van der Waals surface area contributed by atoms with Gasteiger partial charge in [-0.1, -0.05) is 6.92 Å². The molecule has 88 valence electrons. The maximum Gasteiger partial charge on any atom is 0.407 e. The molecule has 1 saturated heterocycles. The van der Waals surface area contributed by atoms with Gasteiger partial charge in [-0.25, -0.2) is 9.78 Å². The summed E-state index contributed by atoms with van der Waals surface area (Å²) in [5.41, 5.74) is 0. The molecule has 1 aromatic rings. The summed E-state index contributed by atoms with van der Waals surface area (Å²) in [6, 6.07) is -0.121. The normalized spacial score (nSPS) is 25.1. The smallest absolute Gasteiger partial charge is 0.407 e. The lowest BCUT2D eigenvalue weighted by Gasteiger charge is -2.19. The number of nitrogens with zero attached hydrogens (tertiary/aromatic N) is 2. The number of likely N-dealkylation sites (tertiary alicyclic amines) is 1. The molecule has 2 rings (SSSR count). The Balaban J connectivity index is 2.28. The van der Waals surface area contributed by atoms with E-state index in [0.29, 0.717) is 12.5 Å². The van der Waals surface area contributed by atoms with Crippen molar-refractivity contribution in [2.75, 3.05) is 6.54 Å². The topological polar surface area (TPSA) is 69.2 Å². The van der Waals surface area contributed by atoms with Crippen molar-refractivity contribution >= 4 is 51.3 Å². The van der Waals surface area contributed by atoms with Crippen LogP contribution in [0.2, 0.25) is 0 Å². The number of hydrogen-bond acceptors (Lipinski definition) is 2. The number of imidazole rings is 1. The third-order valence-electron chi connectivity index (χ3n) is 2.71. The lowest BCUT2D eigenvalue weighted by Crippen LogP contribution is -2.29. The second kappa shape index (κ2) is 4.67. The zero-order chi connectivity index (χ0) is 11.9. The van der Waals surface area contributed by atoms with Crippen molar-refractivity contribution in [3.8, 4) is 0 Å². The number of nitrogens with one attached hydrogen (secondary N) is 1. The molecular weight excluding hydrogens is 436 g/mol. The second-order valence-corrected chi connectivity index (χ2v) is 6.12. The summed E-state index contributed by atoms with van der Waals surface area (Å²) >= 11 is 4.32. The molecule has 2 N–H and O–H groups in total. The highest BCUT2D eigenvalue weighted by Gasteiger charge is 2.36. The molecule has 0 aliphatic carbocycles. The number of H-pyrrole nitrogens is 1. The second-order valence-electron chi connectivity index (χ2n) is 4.02. The first kappa shape index (κ1) is 12.4. The molecule has 1 amide bonds. The molecule has 7 heteroatoms. The van der Waals surface area contributed by atoms with E-state index in [1.165, 1.54) is 4.90 Å². The predicted octanol–water partition coefficient (Wildman–Crippen LogP) is 2.68. The van der Waals surface area contributed by atoms with Crippen molar-refractivity contribution in [1.29, 1.82) is 0 Å². The average Bonchev–Trinajstić information content (AvgIpc) is 2.71. The molecule has 0 spiro atoms. The highest BCUT2D eigenvalue weighted by molar-refractivity contribution is 14.1. The van der Waals surface area contributed by atoms with Crippen molar-refractivity contribution < 1.29 is 9.90 Å². The fourth-order valence-corrected chi connectivity index (χ4v) is 2.81. The van der Waals surface area contributed by atoms with Crippen LogP contribution in [0.5, 0.6) is 0 Å². The summed E-state index contributed by atoms with van der Waals surface area (Å²) in [6.45, 7) is 2.66. The zero-order valence-electron chi connectivity index (χ0n) is 8.57. The number of rotatable bonds is 1. The highest BCUT2D eigenvalue weighted by atomic mass is 127. The highest BCUT2D eigenvalue weighted by Crippen LogP contribution is 2.34. The van der Waals surface area contributed by atoms with Gasteiger partial charge < -0.3 is 10.1 Å². The van der Waals surface area contributed by atoms with E-state index >= 15 is 0 Å². The van der Waals surface area contributed by atoms with Gasteiger partial charge in [0.15, 0.2) is 0 Å². The van der Waals surface area contributed by atoms with E-state index in [0.717, 1.165) is 19.6 Å². The van der Waals surface area contributed by atoms with Crippen LogP contribution in [0.25, 0.3) is 0 Å². The Morgan fingerprint density at radius 2 is 2.31 bits per heavy atom. The van der Waals surface area contributed by atoms with Gasteiger partial charge in [0, 0.05) is 6.54 Å². The maximum absolute atomic E-state index is 11.1. The quantitative estimate of drug-likeness (QED) is 0.651. The molecule has 0 bridgehead atoms. The summed E-state index contributed by atoms with van der Waals surface area (Å²) in [5.74, 6) is 1.15. The van der Waals surface area contributed by atoms with Gasteiger partial charge in [0.25, 0.3) is 0 Å². The molecule has 0 radical (unpaired) electrons. The zero-order valence-corrected chi connectivity index (χ0v) is 12.9. The average molecular weight is 447 g/mol. The molecule has 1 fully saturated rings. The van der Waals surface area contributed by atoms with E-state index in [-0.39, 0.29) is 6.04 Å². The van der Waals surface area contributed by atoms with Crippen molar-refractivity contribution in [3.63, 3.8) is 0 Å². The van der Waals surface area contributed by atoms with Crippen LogP contribution in [-0.4, -0.2) is 32.6 Å². The van der Waals surface area contributed by atoms with Crippen LogP contribution in [-0.2, 0) is 0 Å². The molecule has 1 aromatic heterocycles. The number of halogens is 2. The Kier molecular flexibility index (Phi) is 3.62. The van der Waals surface area contributed by atoms with E-state index in [4.69, 9.17) is 5.11 Å². The molecular formula is C9H11I2N3O2. The first-order chi connectivity index (χ1) is 7.49. The summed E-state index contributed by atoms with van der Waals surface area (Å²) in [6.07, 6.45) is -0.0258. The van der Waals surface area contributed by atoms with Crippen molar-refractivity contribution in [3.05, 3.63) is 13.2 Å². The van der Waals surface area contributed by atoms with Gasteiger partial charge >= 0.3 is 6.09 Å². The van der Waals surface area contributed by atoms with E-state index < -0.39 is 6.09 Å². The lowest BCUT2D eigenvalue weighted by atomic mass is 10.1. The van der Waals surface area contributed by atoms with Gasteiger partial charge in [-0.2, -0.15) is 0 Å². The summed E-state index contributed by atoms with van der Waals surface area (Å²) in [5, 5.41) is 9.12. The Morgan fingerprint density at radius 1 is 1.62 bits per heavy atom. The van der Waals surface area contributed by atoms with Gasteiger partial charge in [0.2, 0.25) is 0 Å². The maximum atomic E-state index is 11.1. The Morgan fingerprint density at radius 3 is 2.81 bits per heavy atom. The van der Waals surface area contributed by atoms with E-state index in [2.05, 4.69) is 62.1 Å². The number of hydrogen-bond donors (Lipinski definition) is 2. The van der Waals surface area contributed by atoms with Crippen LogP contribution < -0.4 is 0 Å². The minimum Gasteiger partial charge on any atom is -0.465 e. The van der Waals surface area contributed by atoms with Crippen LogP contribution in [0.1, 0.15) is 25.2 Å². The van der Waals surface area contributed by atoms with Crippen LogP contribution in [0.3, 0.4) is 0 Å². The van der Waals surface area contributed by atoms with E-state index in [1.54, 1.807) is 0 Å². The largest absolute Gasteiger partial charge is 0.465 e. The minimum absolute atomic E-state index is 0.121. The lowest BCUT2D eigenvalue weighted by molar-refractivity contribution is 0.138. The number of carboxylic acid groups (broad SMARTS) is 1. The van der Waals surface area contributed by atoms with Crippen LogP contribution in [0, 0.1) is 13.3 Å². The van der Waals surface area contributed by atoms with Gasteiger partial charge in [-0.15, -0.1) is 0 Å². The van der Waals surface area contributed by atoms with Crippen molar-refractivity contribution in [1.82, 2.24) is 14.9 Å². The third kappa shape index (κ3) is 2.29. The standard InChI is InChI=1S/C9H11I2N3O2/c1-4-2-5(14(3-4)9(15)16)8-12-6(10)7(11)13-8/h4-5H,2-3H2,1H3,(H,12,13)(H,15,16)/t4-,5-/m0/s1. The van der Waals surface area contributed by atoms with Crippen LogP contribution >= 0.6 is 45.2 Å². The predicted molar refractivity (Wildman–Crippen MR) is 75.3 cm³/mol. The number of carbonyl (C=O) groups is 1. The minimum atomic E-state index is -0.865. The molecule has 5 nitrogen and oxygen atoms in total. The van der Waals surface area contributed by atoms with Gasteiger partial charge in [-0.05, 0) is 57.5 Å². The van der Waals surface area contributed by atoms with Gasteiger partial charge in [0.05, 0.1) is 6.04 Å². The Bertz CT molecular complexity index is 401. The molecule has 16 heavy (non-hydrogen) atoms. The summed E-state index contributed by atoms with van der Waals surface area (Å²) in [7, 11) is 0. The summed E-state index contributed by atoms with van der Waals surface area (Å²) < 4.78 is 1.87. The molecule has 0 saturated carbocycles. The van der Waals surface area contributed by atoms with Crippen molar-refractivity contribution in [2.45, 2.75) is 19.4 Å². The Hall–Kier alpha value is -0.0600. The molecule has 0 unspecified atom stereocenters. The molecule has 0 aromatic carbocycles. The monoisotopic (exact) mass is 447 g/mol. The van der Waals surface area contributed by atoms with Crippen LogP contribution in [0.15, 0.2) is 0 Å². The summed E-state index contributed by atoms with van der Waals surface area (Å²) in [4.78, 5) is 20.1. The molecule has 1 aliphatic rings. The first-order valence-corrected chi connectivity index (χ1v) is 7.05. The molecule has 1 aliphatic heterocycles. The van der Waals surface area contributed by atoms with Crippen LogP contribution in [0.4, 0.5) is 4.79 Å². The Labute approximate surface area is 120 Å². The van der Waals surface area contributed by atoms with Gasteiger partial charge in [0.1, 0.15) is 13.2 Å². The third-order valence-corrected chi connectivity index (χ3v) is 5.30. The number of aromatic nitrogens is 2. The van der Waals surface area contributed by atoms with Gasteiger partial charge in [-0.3, -0.25) is 4.90 Å². The fraction of sp³-hybridized carbons (Fsp3) is 0.556. The molecule has 2 heterocycles.